The summed E-state index contributed by atoms with van der Waals surface area (Å²) in [5.74, 6) is 0.457. The van der Waals surface area contributed by atoms with E-state index in [1.807, 2.05) is 6.07 Å². The molecule has 0 aliphatic carbocycles. The molecule has 2 aliphatic heterocycles. The first-order valence-corrected chi connectivity index (χ1v) is 9.24. The molecule has 132 valence electrons. The highest BCUT2D eigenvalue weighted by molar-refractivity contribution is 6.40. The zero-order valence-electron chi connectivity index (χ0n) is 14.0. The number of halogens is 1. The van der Waals surface area contributed by atoms with E-state index in [0.717, 1.165) is 50.5 Å². The average molecular weight is 352 g/mol. The molecule has 2 heterocycles. The van der Waals surface area contributed by atoms with Gasteiger partial charge in [0.25, 0.3) is 0 Å². The third-order valence-electron chi connectivity index (χ3n) is 5.30. The third kappa shape index (κ3) is 4.72. The van der Waals surface area contributed by atoms with Crippen LogP contribution < -0.4 is 11.1 Å². The number of fused-ring (bicyclic) bond motifs is 1. The van der Waals surface area contributed by atoms with Gasteiger partial charge in [0.2, 0.25) is 0 Å². The second-order valence-corrected chi connectivity index (χ2v) is 7.69. The lowest BCUT2D eigenvalue weighted by molar-refractivity contribution is 0.270. The SMILES string of the molecule is N[C@H]1CN(CC2Cc3ccc(Cl)cc3CN2)CC1CCCB(O)O. The predicted molar refractivity (Wildman–Crippen MR) is 97.9 cm³/mol. The maximum atomic E-state index is 8.96. The molecule has 3 atom stereocenters. The van der Waals surface area contributed by atoms with Gasteiger partial charge >= 0.3 is 7.12 Å². The van der Waals surface area contributed by atoms with Gasteiger partial charge in [-0.15, -0.1) is 0 Å². The number of nitrogens with one attached hydrogen (secondary N) is 1. The van der Waals surface area contributed by atoms with Crippen LogP contribution in [0.5, 0.6) is 0 Å². The van der Waals surface area contributed by atoms with E-state index in [2.05, 4.69) is 22.3 Å². The van der Waals surface area contributed by atoms with Crippen molar-refractivity contribution in [2.75, 3.05) is 19.6 Å². The van der Waals surface area contributed by atoms with Crippen molar-refractivity contribution in [2.45, 2.75) is 44.2 Å². The number of nitrogens with two attached hydrogens (primary N) is 1. The van der Waals surface area contributed by atoms with Crippen LogP contribution in [0.4, 0.5) is 0 Å². The maximum Gasteiger partial charge on any atom is 0.451 e. The van der Waals surface area contributed by atoms with Gasteiger partial charge in [0, 0.05) is 43.3 Å². The fourth-order valence-electron chi connectivity index (χ4n) is 4.00. The number of likely N-dealkylation sites (tertiary alicyclic amines) is 1. The molecule has 0 spiro atoms. The van der Waals surface area contributed by atoms with Gasteiger partial charge in [-0.25, -0.2) is 0 Å². The summed E-state index contributed by atoms with van der Waals surface area (Å²) in [6.45, 7) is 3.82. The molecule has 0 bridgehead atoms. The van der Waals surface area contributed by atoms with Crippen LogP contribution in [-0.2, 0) is 13.0 Å². The van der Waals surface area contributed by atoms with Gasteiger partial charge < -0.3 is 21.1 Å². The van der Waals surface area contributed by atoms with E-state index in [1.165, 1.54) is 11.1 Å². The fourth-order valence-corrected chi connectivity index (χ4v) is 4.19. The van der Waals surface area contributed by atoms with Crippen LogP contribution >= 0.6 is 11.6 Å². The maximum absolute atomic E-state index is 8.96. The van der Waals surface area contributed by atoms with E-state index in [-0.39, 0.29) is 6.04 Å². The molecule has 1 aromatic carbocycles. The summed E-state index contributed by atoms with van der Waals surface area (Å²) in [7, 11) is -1.20. The number of benzene rings is 1. The molecule has 0 aromatic heterocycles. The molecule has 1 aromatic rings. The highest BCUT2D eigenvalue weighted by Crippen LogP contribution is 2.24. The first-order chi connectivity index (χ1) is 11.5. The molecule has 24 heavy (non-hydrogen) atoms. The van der Waals surface area contributed by atoms with E-state index in [9.17, 15) is 0 Å². The molecule has 5 nitrogen and oxygen atoms in total. The number of hydrogen-bond donors (Lipinski definition) is 4. The molecular weight excluding hydrogens is 324 g/mol. The van der Waals surface area contributed by atoms with Crippen LogP contribution in [0.2, 0.25) is 11.3 Å². The summed E-state index contributed by atoms with van der Waals surface area (Å²) >= 11 is 6.06. The largest absolute Gasteiger partial charge is 0.451 e. The zero-order chi connectivity index (χ0) is 17.1. The summed E-state index contributed by atoms with van der Waals surface area (Å²) in [6.07, 6.45) is 3.25. The molecule has 1 saturated heterocycles. The topological polar surface area (TPSA) is 81.8 Å². The van der Waals surface area contributed by atoms with Crippen molar-refractivity contribution in [1.82, 2.24) is 10.2 Å². The van der Waals surface area contributed by atoms with Gasteiger partial charge in [0.05, 0.1) is 0 Å². The molecule has 1 fully saturated rings. The van der Waals surface area contributed by atoms with Gasteiger partial charge in [0.15, 0.2) is 0 Å². The van der Waals surface area contributed by atoms with E-state index < -0.39 is 7.12 Å². The highest BCUT2D eigenvalue weighted by atomic mass is 35.5. The Morgan fingerprint density at radius 3 is 2.92 bits per heavy atom. The molecule has 3 rings (SSSR count). The predicted octanol–water partition coefficient (Wildman–Crippen LogP) is 0.866. The Balaban J connectivity index is 1.48. The lowest BCUT2D eigenvalue weighted by Crippen LogP contribution is -2.44. The Morgan fingerprint density at radius 2 is 2.12 bits per heavy atom. The Morgan fingerprint density at radius 1 is 1.29 bits per heavy atom. The highest BCUT2D eigenvalue weighted by Gasteiger charge is 2.31. The number of rotatable bonds is 6. The van der Waals surface area contributed by atoms with Crippen molar-refractivity contribution < 1.29 is 10.0 Å². The summed E-state index contributed by atoms with van der Waals surface area (Å²) in [6, 6.07) is 6.81. The minimum absolute atomic E-state index is 0.190. The molecule has 2 unspecified atom stereocenters. The van der Waals surface area contributed by atoms with Crippen molar-refractivity contribution in [3.8, 4) is 0 Å². The minimum Gasteiger partial charge on any atom is -0.427 e. The van der Waals surface area contributed by atoms with Crippen LogP contribution in [0.15, 0.2) is 18.2 Å². The normalized spacial score (nSPS) is 27.2. The Kier molecular flexibility index (Phi) is 6.19. The van der Waals surface area contributed by atoms with Gasteiger partial charge in [-0.05, 0) is 48.3 Å². The van der Waals surface area contributed by atoms with Crippen LogP contribution in [0.3, 0.4) is 0 Å². The van der Waals surface area contributed by atoms with Gasteiger partial charge in [-0.2, -0.15) is 0 Å². The second kappa shape index (κ2) is 8.17. The molecule has 5 N–H and O–H groups in total. The zero-order valence-corrected chi connectivity index (χ0v) is 14.8. The summed E-state index contributed by atoms with van der Waals surface area (Å²) in [4.78, 5) is 2.45. The molecule has 2 aliphatic rings. The van der Waals surface area contributed by atoms with E-state index in [0.29, 0.717) is 18.3 Å². The molecule has 0 saturated carbocycles. The van der Waals surface area contributed by atoms with Crippen LogP contribution in [0.25, 0.3) is 0 Å². The minimum atomic E-state index is -1.20. The van der Waals surface area contributed by atoms with Crippen molar-refractivity contribution in [3.05, 3.63) is 34.3 Å². The first kappa shape index (κ1) is 18.2. The van der Waals surface area contributed by atoms with Crippen LogP contribution in [0, 0.1) is 5.92 Å². The lowest BCUT2D eigenvalue weighted by Gasteiger charge is -2.30. The Bertz CT molecular complexity index is 561. The van der Waals surface area contributed by atoms with Crippen LogP contribution in [0.1, 0.15) is 24.0 Å². The van der Waals surface area contributed by atoms with E-state index >= 15 is 0 Å². The first-order valence-electron chi connectivity index (χ1n) is 8.86. The quantitative estimate of drug-likeness (QED) is 0.572. The Hall–Kier alpha value is -0.625. The van der Waals surface area contributed by atoms with Crippen molar-refractivity contribution >= 4 is 18.7 Å². The van der Waals surface area contributed by atoms with E-state index in [4.69, 9.17) is 27.4 Å². The number of hydrogen-bond acceptors (Lipinski definition) is 5. The standard InChI is InChI=1S/C17H27BClN3O2/c19-15-4-3-12-7-16(21-8-14(12)6-15)10-22-9-13(17(20)11-22)2-1-5-18(23)24/h3-4,6,13,16-17,21,23-24H,1-2,5,7-11,20H2/t13?,16?,17-/m0/s1. The number of nitrogens with zero attached hydrogens (tertiary/aromatic N) is 1. The molecular formula is C17H27BClN3O2. The second-order valence-electron chi connectivity index (χ2n) is 7.25. The van der Waals surface area contributed by atoms with Crippen LogP contribution in [-0.4, -0.2) is 53.8 Å². The summed E-state index contributed by atoms with van der Waals surface area (Å²) in [5, 5.41) is 22.3. The molecule has 0 radical (unpaired) electrons. The van der Waals surface area contributed by atoms with E-state index in [1.54, 1.807) is 0 Å². The summed E-state index contributed by atoms with van der Waals surface area (Å²) < 4.78 is 0. The van der Waals surface area contributed by atoms with Crippen molar-refractivity contribution in [2.24, 2.45) is 11.7 Å². The lowest BCUT2D eigenvalue weighted by atomic mass is 9.82. The van der Waals surface area contributed by atoms with Gasteiger partial charge in [-0.1, -0.05) is 24.1 Å². The summed E-state index contributed by atoms with van der Waals surface area (Å²) in [5.41, 5.74) is 8.97. The average Bonchev–Trinajstić information content (AvgIpc) is 2.87. The molecule has 0 amide bonds. The third-order valence-corrected chi connectivity index (χ3v) is 5.53. The monoisotopic (exact) mass is 351 g/mol. The smallest absolute Gasteiger partial charge is 0.427 e. The van der Waals surface area contributed by atoms with Crippen molar-refractivity contribution in [1.29, 1.82) is 0 Å². The van der Waals surface area contributed by atoms with Gasteiger partial charge in [0.1, 0.15) is 0 Å². The fraction of sp³-hybridized carbons (Fsp3) is 0.647. The Labute approximate surface area is 149 Å². The molecule has 7 heteroatoms. The van der Waals surface area contributed by atoms with Gasteiger partial charge in [-0.3, -0.25) is 4.90 Å². The van der Waals surface area contributed by atoms with Crippen molar-refractivity contribution in [3.63, 3.8) is 0 Å².